The maximum absolute atomic E-state index is 11.9. The summed E-state index contributed by atoms with van der Waals surface area (Å²) in [6, 6.07) is 4.56. The molecule has 0 radical (unpaired) electrons. The van der Waals surface area contributed by atoms with E-state index in [1.54, 1.807) is 23.0 Å². The zero-order valence-electron chi connectivity index (χ0n) is 12.5. The van der Waals surface area contributed by atoms with Gasteiger partial charge in [0.2, 0.25) is 0 Å². The lowest BCUT2D eigenvalue weighted by Crippen LogP contribution is -2.34. The maximum atomic E-state index is 11.9. The number of anilines is 2. The first-order valence-corrected chi connectivity index (χ1v) is 7.14. The predicted octanol–water partition coefficient (Wildman–Crippen LogP) is 2.47. The summed E-state index contributed by atoms with van der Waals surface area (Å²) >= 11 is 5.76. The number of hydrazine groups is 1. The highest BCUT2D eigenvalue weighted by Gasteiger charge is 2.08. The Morgan fingerprint density at radius 2 is 2.17 bits per heavy atom. The summed E-state index contributed by atoms with van der Waals surface area (Å²) in [5.41, 5.74) is 7.56. The van der Waals surface area contributed by atoms with Gasteiger partial charge in [0.05, 0.1) is 6.20 Å². The molecule has 23 heavy (non-hydrogen) atoms. The summed E-state index contributed by atoms with van der Waals surface area (Å²) in [5, 5.41) is 8.06. The standard InChI is InChI=1S/C14H14ClN7O/c1-8-5-12(19-13-10(8)7-17-22(13)2)20-21-14(23)18-9-3-4-16-11(15)6-9/h3-7H,1-2H3,(H,19,20)(H2,16,18,21,23). The zero-order valence-corrected chi connectivity index (χ0v) is 13.2. The molecule has 0 aliphatic carbocycles. The van der Waals surface area contributed by atoms with Crippen LogP contribution in [0.3, 0.4) is 0 Å². The molecule has 3 heterocycles. The van der Waals surface area contributed by atoms with Crippen molar-refractivity contribution in [3.05, 3.63) is 41.3 Å². The molecule has 0 saturated carbocycles. The number of urea groups is 1. The van der Waals surface area contributed by atoms with Crippen LogP contribution in [-0.2, 0) is 7.05 Å². The van der Waals surface area contributed by atoms with E-state index in [4.69, 9.17) is 11.6 Å². The fraction of sp³-hybridized carbons (Fsp3) is 0.143. The van der Waals surface area contributed by atoms with Crippen LogP contribution in [0.25, 0.3) is 11.0 Å². The van der Waals surface area contributed by atoms with Crippen molar-refractivity contribution < 1.29 is 4.79 Å². The van der Waals surface area contributed by atoms with Gasteiger partial charge in [0.15, 0.2) is 5.65 Å². The Labute approximate surface area is 136 Å². The first-order chi connectivity index (χ1) is 11.0. The van der Waals surface area contributed by atoms with E-state index >= 15 is 0 Å². The van der Waals surface area contributed by atoms with E-state index in [1.807, 2.05) is 20.0 Å². The summed E-state index contributed by atoms with van der Waals surface area (Å²) in [5.74, 6) is 0.515. The number of pyridine rings is 2. The quantitative estimate of drug-likeness (QED) is 0.506. The molecule has 0 bridgehead atoms. The number of nitrogens with zero attached hydrogens (tertiary/aromatic N) is 4. The third-order valence-corrected chi connectivity index (χ3v) is 3.41. The SMILES string of the molecule is Cc1cc(NNC(=O)Nc2ccnc(Cl)c2)nc2c1cnn2C. The van der Waals surface area contributed by atoms with Gasteiger partial charge in [0.1, 0.15) is 11.0 Å². The normalized spacial score (nSPS) is 10.6. The van der Waals surface area contributed by atoms with E-state index in [0.717, 1.165) is 16.6 Å². The van der Waals surface area contributed by atoms with Crippen LogP contribution in [0.5, 0.6) is 0 Å². The number of aryl methyl sites for hydroxylation is 2. The van der Waals surface area contributed by atoms with E-state index in [1.165, 1.54) is 6.20 Å². The van der Waals surface area contributed by atoms with Crippen LogP contribution in [0.15, 0.2) is 30.6 Å². The molecule has 3 rings (SSSR count). The number of carbonyl (C=O) groups is 1. The van der Waals surface area contributed by atoms with E-state index in [0.29, 0.717) is 16.7 Å². The van der Waals surface area contributed by atoms with Gasteiger partial charge in [-0.2, -0.15) is 5.10 Å². The molecule has 0 unspecified atom stereocenters. The smallest absolute Gasteiger partial charge is 0.306 e. The molecule has 0 saturated heterocycles. The highest BCUT2D eigenvalue weighted by Crippen LogP contribution is 2.18. The number of hydrogen-bond acceptors (Lipinski definition) is 5. The van der Waals surface area contributed by atoms with Gasteiger partial charge in [-0.1, -0.05) is 11.6 Å². The van der Waals surface area contributed by atoms with Gasteiger partial charge in [-0.25, -0.2) is 14.8 Å². The lowest BCUT2D eigenvalue weighted by molar-refractivity contribution is 0.254. The third kappa shape index (κ3) is 3.32. The Hall–Kier alpha value is -2.87. The summed E-state index contributed by atoms with van der Waals surface area (Å²) in [6.45, 7) is 1.95. The minimum atomic E-state index is -0.447. The van der Waals surface area contributed by atoms with Gasteiger partial charge in [-0.3, -0.25) is 15.5 Å². The number of aromatic nitrogens is 4. The molecule has 2 amide bonds. The first kappa shape index (κ1) is 15.0. The second-order valence-corrected chi connectivity index (χ2v) is 5.29. The van der Waals surface area contributed by atoms with Gasteiger partial charge in [-0.05, 0) is 30.7 Å². The molecule has 8 nitrogen and oxygen atoms in total. The molecule has 118 valence electrons. The predicted molar refractivity (Wildman–Crippen MR) is 88.3 cm³/mol. The van der Waals surface area contributed by atoms with Crippen LogP contribution in [0.4, 0.5) is 16.3 Å². The van der Waals surface area contributed by atoms with Crippen LogP contribution in [0.2, 0.25) is 5.15 Å². The van der Waals surface area contributed by atoms with E-state index in [-0.39, 0.29) is 0 Å². The molecular weight excluding hydrogens is 318 g/mol. The molecule has 0 atom stereocenters. The summed E-state index contributed by atoms with van der Waals surface area (Å²) in [7, 11) is 1.81. The van der Waals surface area contributed by atoms with Gasteiger partial charge in [0, 0.05) is 24.3 Å². The minimum absolute atomic E-state index is 0.301. The molecule has 0 aliphatic heterocycles. The van der Waals surface area contributed by atoms with Crippen molar-refractivity contribution in [2.45, 2.75) is 6.92 Å². The van der Waals surface area contributed by atoms with Crippen molar-refractivity contribution in [1.29, 1.82) is 0 Å². The average molecular weight is 332 g/mol. The zero-order chi connectivity index (χ0) is 16.4. The number of carbonyl (C=O) groups excluding carboxylic acids is 1. The monoisotopic (exact) mass is 331 g/mol. The molecule has 3 N–H and O–H groups in total. The Morgan fingerprint density at radius 1 is 1.35 bits per heavy atom. The molecule has 9 heteroatoms. The van der Waals surface area contributed by atoms with E-state index in [9.17, 15) is 4.79 Å². The largest absolute Gasteiger partial charge is 0.337 e. The summed E-state index contributed by atoms with van der Waals surface area (Å²) < 4.78 is 1.67. The molecular formula is C14H14ClN7O. The van der Waals surface area contributed by atoms with E-state index < -0.39 is 6.03 Å². The van der Waals surface area contributed by atoms with Gasteiger partial charge >= 0.3 is 6.03 Å². The highest BCUT2D eigenvalue weighted by atomic mass is 35.5. The van der Waals surface area contributed by atoms with Crippen molar-refractivity contribution in [1.82, 2.24) is 25.2 Å². The van der Waals surface area contributed by atoms with E-state index in [2.05, 4.69) is 31.2 Å². The number of rotatable bonds is 3. The number of fused-ring (bicyclic) bond motifs is 1. The van der Waals surface area contributed by atoms with Crippen LogP contribution in [0, 0.1) is 6.92 Å². The lowest BCUT2D eigenvalue weighted by Gasteiger charge is -2.10. The van der Waals surface area contributed by atoms with Crippen molar-refractivity contribution >= 4 is 40.2 Å². The van der Waals surface area contributed by atoms with Crippen molar-refractivity contribution in [2.75, 3.05) is 10.7 Å². The topological polar surface area (TPSA) is 96.8 Å². The highest BCUT2D eigenvalue weighted by molar-refractivity contribution is 6.29. The molecule has 0 spiro atoms. The Bertz CT molecular complexity index is 877. The number of hydrogen-bond donors (Lipinski definition) is 3. The summed E-state index contributed by atoms with van der Waals surface area (Å²) in [4.78, 5) is 20.1. The Kier molecular flexibility index (Phi) is 3.98. The number of nitrogens with one attached hydrogen (secondary N) is 3. The first-order valence-electron chi connectivity index (χ1n) is 6.77. The Morgan fingerprint density at radius 3 is 2.96 bits per heavy atom. The molecule has 3 aromatic rings. The maximum Gasteiger partial charge on any atom is 0.337 e. The molecule has 3 aromatic heterocycles. The third-order valence-electron chi connectivity index (χ3n) is 3.20. The summed E-state index contributed by atoms with van der Waals surface area (Å²) in [6.07, 6.45) is 3.27. The molecule has 0 fully saturated rings. The average Bonchev–Trinajstić information content (AvgIpc) is 2.87. The van der Waals surface area contributed by atoms with Gasteiger partial charge in [-0.15, -0.1) is 0 Å². The second kappa shape index (κ2) is 6.09. The number of amides is 2. The minimum Gasteiger partial charge on any atom is -0.306 e. The van der Waals surface area contributed by atoms with Crippen molar-refractivity contribution in [3.8, 4) is 0 Å². The van der Waals surface area contributed by atoms with Crippen molar-refractivity contribution in [2.24, 2.45) is 7.05 Å². The fourth-order valence-corrected chi connectivity index (χ4v) is 2.27. The van der Waals surface area contributed by atoms with Gasteiger partial charge < -0.3 is 5.32 Å². The van der Waals surface area contributed by atoms with Crippen LogP contribution in [-0.4, -0.2) is 25.8 Å². The van der Waals surface area contributed by atoms with Gasteiger partial charge in [0.25, 0.3) is 0 Å². The molecule has 0 aromatic carbocycles. The second-order valence-electron chi connectivity index (χ2n) is 4.90. The van der Waals surface area contributed by atoms with Crippen LogP contribution < -0.4 is 16.2 Å². The number of halogens is 1. The van der Waals surface area contributed by atoms with Crippen LogP contribution in [0.1, 0.15) is 5.56 Å². The van der Waals surface area contributed by atoms with Crippen molar-refractivity contribution in [3.63, 3.8) is 0 Å². The lowest BCUT2D eigenvalue weighted by atomic mass is 10.2. The van der Waals surface area contributed by atoms with Crippen LogP contribution >= 0.6 is 11.6 Å². The Balaban J connectivity index is 1.68. The fourth-order valence-electron chi connectivity index (χ4n) is 2.10. The molecule has 0 aliphatic rings.